The average molecular weight is 293 g/mol. The molecule has 0 aliphatic heterocycles. The summed E-state index contributed by atoms with van der Waals surface area (Å²) < 4.78 is 18.9. The van der Waals surface area contributed by atoms with E-state index in [4.69, 9.17) is 15.1 Å². The van der Waals surface area contributed by atoms with E-state index in [2.05, 4.69) is 4.98 Å². The number of carboxylic acid groups (broad SMARTS) is 1. The smallest absolute Gasteiger partial charge is 0.409 e. The number of ether oxygens (including phenoxy) is 1. The summed E-state index contributed by atoms with van der Waals surface area (Å²) in [4.78, 5) is 14.5. The van der Waals surface area contributed by atoms with Crippen LogP contribution in [0.25, 0.3) is 0 Å². The van der Waals surface area contributed by atoms with Crippen LogP contribution in [0.4, 0.5) is 14.9 Å². The third-order valence-corrected chi connectivity index (χ3v) is 2.94. The van der Waals surface area contributed by atoms with Gasteiger partial charge in [0.05, 0.1) is 23.9 Å². The molecule has 6 nitrogen and oxygen atoms in total. The molecule has 2 rings (SSSR count). The van der Waals surface area contributed by atoms with E-state index in [1.165, 1.54) is 23.5 Å². The van der Waals surface area contributed by atoms with Gasteiger partial charge in [0.1, 0.15) is 5.75 Å². The number of benzene rings is 1. The quantitative estimate of drug-likeness (QED) is 0.902. The monoisotopic (exact) mass is 293 g/mol. The normalized spacial score (nSPS) is 9.80. The van der Waals surface area contributed by atoms with Gasteiger partial charge in [-0.15, -0.1) is 0 Å². The number of carbonyl (C=O) groups is 1. The van der Waals surface area contributed by atoms with Crippen LogP contribution in [-0.4, -0.2) is 16.2 Å². The van der Waals surface area contributed by atoms with Crippen molar-refractivity contribution in [2.24, 2.45) is 0 Å². The summed E-state index contributed by atoms with van der Waals surface area (Å²) in [6.07, 6.45) is -1.17. The molecule has 2 aromatic rings. The van der Waals surface area contributed by atoms with Gasteiger partial charge in [-0.1, -0.05) is 11.3 Å². The molecule has 20 heavy (non-hydrogen) atoms. The maximum absolute atomic E-state index is 13.6. The standard InChI is InChI=1S/C12H8FN3O3S/c13-9-5-8(1-2-10(9)16-11(17)18)19-12-15-7(3-4-14)6-20-12/h1-2,5-6,16H,3H2,(H,17,18). The molecule has 8 heteroatoms. The van der Waals surface area contributed by atoms with Crippen LogP contribution in [-0.2, 0) is 6.42 Å². The Morgan fingerprint density at radius 3 is 3.05 bits per heavy atom. The van der Waals surface area contributed by atoms with Crippen LogP contribution in [0, 0.1) is 17.1 Å². The number of anilines is 1. The Morgan fingerprint density at radius 2 is 2.40 bits per heavy atom. The highest BCUT2D eigenvalue weighted by molar-refractivity contribution is 7.11. The summed E-state index contributed by atoms with van der Waals surface area (Å²) in [5.74, 6) is -0.560. The molecule has 2 N–H and O–H groups in total. The SMILES string of the molecule is N#CCc1csc(Oc2ccc(NC(=O)O)c(F)c2)n1. The van der Waals surface area contributed by atoms with Crippen molar-refractivity contribution in [1.29, 1.82) is 5.26 Å². The Kier molecular flexibility index (Phi) is 4.12. The summed E-state index contributed by atoms with van der Waals surface area (Å²) in [5, 5.41) is 20.9. The van der Waals surface area contributed by atoms with Crippen molar-refractivity contribution in [1.82, 2.24) is 4.98 Å². The molecule has 0 radical (unpaired) electrons. The molecule has 0 unspecified atom stereocenters. The number of nitrogens with one attached hydrogen (secondary N) is 1. The molecular formula is C12H8FN3O3S. The molecule has 0 saturated heterocycles. The molecule has 0 spiro atoms. The summed E-state index contributed by atoms with van der Waals surface area (Å²) in [7, 11) is 0. The number of halogens is 1. The lowest BCUT2D eigenvalue weighted by Gasteiger charge is -2.05. The van der Waals surface area contributed by atoms with Crippen LogP contribution in [0.3, 0.4) is 0 Å². The molecule has 0 fully saturated rings. The Labute approximate surface area is 117 Å². The van der Waals surface area contributed by atoms with E-state index in [1.807, 2.05) is 11.4 Å². The Morgan fingerprint density at radius 1 is 1.60 bits per heavy atom. The maximum Gasteiger partial charge on any atom is 0.409 e. The van der Waals surface area contributed by atoms with E-state index in [0.29, 0.717) is 5.69 Å². The highest BCUT2D eigenvalue weighted by Gasteiger charge is 2.09. The maximum atomic E-state index is 13.6. The van der Waals surface area contributed by atoms with Gasteiger partial charge in [0.15, 0.2) is 5.82 Å². The molecular weight excluding hydrogens is 285 g/mol. The van der Waals surface area contributed by atoms with Crippen LogP contribution in [0.1, 0.15) is 5.69 Å². The number of nitrogens with zero attached hydrogens (tertiary/aromatic N) is 2. The lowest BCUT2D eigenvalue weighted by atomic mass is 10.3. The summed E-state index contributed by atoms with van der Waals surface area (Å²) in [6.45, 7) is 0. The van der Waals surface area contributed by atoms with E-state index < -0.39 is 11.9 Å². The van der Waals surface area contributed by atoms with Gasteiger partial charge in [-0.25, -0.2) is 14.2 Å². The minimum atomic E-state index is -1.35. The fourth-order valence-corrected chi connectivity index (χ4v) is 2.06. The number of hydrogen-bond acceptors (Lipinski definition) is 5. The van der Waals surface area contributed by atoms with Crippen LogP contribution in [0.15, 0.2) is 23.6 Å². The Balaban J connectivity index is 2.11. The van der Waals surface area contributed by atoms with Crippen molar-refractivity contribution < 1.29 is 19.0 Å². The first-order valence-corrected chi connectivity index (χ1v) is 6.25. The van der Waals surface area contributed by atoms with Gasteiger partial charge < -0.3 is 9.84 Å². The van der Waals surface area contributed by atoms with Gasteiger partial charge in [0, 0.05) is 11.4 Å². The van der Waals surface area contributed by atoms with E-state index >= 15 is 0 Å². The van der Waals surface area contributed by atoms with Crippen molar-refractivity contribution in [2.75, 3.05) is 5.32 Å². The number of nitriles is 1. The molecule has 1 amide bonds. The molecule has 102 valence electrons. The van der Waals surface area contributed by atoms with E-state index in [0.717, 1.165) is 6.07 Å². The predicted octanol–water partition coefficient (Wildman–Crippen LogP) is 3.23. The van der Waals surface area contributed by atoms with Gasteiger partial charge in [-0.05, 0) is 12.1 Å². The predicted molar refractivity (Wildman–Crippen MR) is 69.6 cm³/mol. The number of amides is 1. The minimum Gasteiger partial charge on any atom is -0.465 e. The second-order valence-electron chi connectivity index (χ2n) is 3.61. The van der Waals surface area contributed by atoms with Crippen molar-refractivity contribution in [2.45, 2.75) is 6.42 Å². The van der Waals surface area contributed by atoms with Crippen molar-refractivity contribution in [3.8, 4) is 17.0 Å². The van der Waals surface area contributed by atoms with Crippen LogP contribution < -0.4 is 10.1 Å². The fraction of sp³-hybridized carbons (Fsp3) is 0.0833. The molecule has 1 heterocycles. The largest absolute Gasteiger partial charge is 0.465 e. The first-order chi connectivity index (χ1) is 9.58. The molecule has 0 atom stereocenters. The fourth-order valence-electron chi connectivity index (χ4n) is 1.37. The molecule has 0 aliphatic carbocycles. The first-order valence-electron chi connectivity index (χ1n) is 5.37. The van der Waals surface area contributed by atoms with Gasteiger partial charge in [0.25, 0.3) is 5.19 Å². The van der Waals surface area contributed by atoms with Crippen LogP contribution in [0.2, 0.25) is 0 Å². The lowest BCUT2D eigenvalue weighted by Crippen LogP contribution is -2.08. The number of aromatic nitrogens is 1. The van der Waals surface area contributed by atoms with E-state index in [-0.39, 0.29) is 23.1 Å². The number of thiazole rings is 1. The van der Waals surface area contributed by atoms with Gasteiger partial charge in [-0.3, -0.25) is 5.32 Å². The Hall–Kier alpha value is -2.66. The Bertz CT molecular complexity index is 681. The molecule has 1 aromatic heterocycles. The van der Waals surface area contributed by atoms with Crippen molar-refractivity contribution in [3.63, 3.8) is 0 Å². The second-order valence-corrected chi connectivity index (χ2v) is 4.43. The van der Waals surface area contributed by atoms with Gasteiger partial charge >= 0.3 is 6.09 Å². The summed E-state index contributed by atoms with van der Waals surface area (Å²) in [6, 6.07) is 5.68. The molecule has 0 saturated carbocycles. The zero-order chi connectivity index (χ0) is 14.5. The van der Waals surface area contributed by atoms with E-state index in [9.17, 15) is 9.18 Å². The topological polar surface area (TPSA) is 95.2 Å². The lowest BCUT2D eigenvalue weighted by molar-refractivity contribution is 0.209. The molecule has 0 bridgehead atoms. The zero-order valence-electron chi connectivity index (χ0n) is 9.96. The molecule has 0 aliphatic rings. The van der Waals surface area contributed by atoms with Crippen LogP contribution in [0.5, 0.6) is 10.9 Å². The number of hydrogen-bond donors (Lipinski definition) is 2. The van der Waals surface area contributed by atoms with Gasteiger partial charge in [0.2, 0.25) is 0 Å². The first kappa shape index (κ1) is 13.8. The van der Waals surface area contributed by atoms with Crippen molar-refractivity contribution in [3.05, 3.63) is 35.1 Å². The second kappa shape index (κ2) is 5.99. The van der Waals surface area contributed by atoms with Gasteiger partial charge in [-0.2, -0.15) is 5.26 Å². The highest BCUT2D eigenvalue weighted by atomic mass is 32.1. The molecule has 1 aromatic carbocycles. The zero-order valence-corrected chi connectivity index (χ0v) is 10.8. The van der Waals surface area contributed by atoms with Crippen LogP contribution >= 0.6 is 11.3 Å². The summed E-state index contributed by atoms with van der Waals surface area (Å²) >= 11 is 1.19. The third-order valence-electron chi connectivity index (χ3n) is 2.18. The summed E-state index contributed by atoms with van der Waals surface area (Å²) in [5.41, 5.74) is 0.422. The number of rotatable bonds is 4. The average Bonchev–Trinajstić information content (AvgIpc) is 2.80. The highest BCUT2D eigenvalue weighted by Crippen LogP contribution is 2.28. The third kappa shape index (κ3) is 3.43. The van der Waals surface area contributed by atoms with Crippen molar-refractivity contribution >= 4 is 23.1 Å². The van der Waals surface area contributed by atoms with E-state index in [1.54, 1.807) is 5.38 Å². The minimum absolute atomic E-state index is 0.158.